The first-order valence-corrected chi connectivity index (χ1v) is 6.57. The Morgan fingerprint density at radius 2 is 1.25 bits per heavy atom. The van der Waals surface area contributed by atoms with Gasteiger partial charge < -0.3 is 0 Å². The van der Waals surface area contributed by atoms with Crippen LogP contribution in [0.3, 0.4) is 0 Å². The molecule has 4 bridgehead atoms. The maximum absolute atomic E-state index is 3.56. The largest absolute Gasteiger partial charge is 0.106 e. The molecule has 4 fully saturated rings. The molecule has 0 atom stereocenters. The van der Waals surface area contributed by atoms with E-state index in [0.29, 0.717) is 10.8 Å². The van der Waals surface area contributed by atoms with Crippen LogP contribution in [0.25, 0.3) is 0 Å². The summed E-state index contributed by atoms with van der Waals surface area (Å²) in [5.41, 5.74) is 0.700. The lowest BCUT2D eigenvalue weighted by molar-refractivity contribution is -0.0523. The molecule has 16 heavy (non-hydrogen) atoms. The fourth-order valence-electron chi connectivity index (χ4n) is 5.09. The highest BCUT2D eigenvalue weighted by molar-refractivity contribution is 5.26. The summed E-state index contributed by atoms with van der Waals surface area (Å²) in [5.74, 6) is 15.3. The zero-order valence-corrected chi connectivity index (χ0v) is 10.4. The summed E-state index contributed by atoms with van der Waals surface area (Å²) in [4.78, 5) is 0. The van der Waals surface area contributed by atoms with Crippen molar-refractivity contribution in [1.82, 2.24) is 0 Å². The molecule has 0 nitrogen and oxygen atoms in total. The molecule has 0 heterocycles. The van der Waals surface area contributed by atoms with Gasteiger partial charge >= 0.3 is 0 Å². The topological polar surface area (TPSA) is 0 Å². The lowest BCUT2D eigenvalue weighted by Crippen LogP contribution is -2.50. The van der Waals surface area contributed by atoms with E-state index in [0.717, 1.165) is 11.8 Å². The van der Waals surface area contributed by atoms with E-state index < -0.39 is 0 Å². The molecule has 0 aromatic rings. The van der Waals surface area contributed by atoms with Crippen LogP contribution in [0.2, 0.25) is 0 Å². The molecule has 0 N–H and O–H groups in total. The van der Waals surface area contributed by atoms with Gasteiger partial charge in [0.1, 0.15) is 0 Å². The first-order valence-electron chi connectivity index (χ1n) is 6.57. The van der Waals surface area contributed by atoms with Crippen LogP contribution in [0.5, 0.6) is 0 Å². The minimum Gasteiger partial charge on any atom is -0.106 e. The molecular weight excluding hydrogens is 192 g/mol. The minimum atomic E-state index is 0.350. The van der Waals surface area contributed by atoms with Crippen LogP contribution in [-0.2, 0) is 0 Å². The van der Waals surface area contributed by atoms with Gasteiger partial charge in [-0.2, -0.15) is 0 Å². The molecule has 0 aliphatic heterocycles. The standard InChI is InChI=1S/C16H20/c1-3-5-15-8-13-7-14(9-15)11-16(10-13,12-15)6-4-2/h13-14H,7-12H2,1-2H3. The Morgan fingerprint density at radius 3 is 1.62 bits per heavy atom. The van der Waals surface area contributed by atoms with Crippen LogP contribution in [0.1, 0.15) is 52.4 Å². The molecular formula is C16H20. The normalized spacial score (nSPS) is 47.9. The second-order valence-electron chi connectivity index (χ2n) is 6.27. The second-order valence-corrected chi connectivity index (χ2v) is 6.27. The van der Waals surface area contributed by atoms with Crippen LogP contribution in [0.15, 0.2) is 0 Å². The SMILES string of the molecule is CC#CC12CC3CC(C1)CC(C#CC)(C3)C2. The maximum Gasteiger partial charge on any atom is 0.0334 e. The third-order valence-electron chi connectivity index (χ3n) is 4.84. The maximum atomic E-state index is 3.56. The Balaban J connectivity index is 2.00. The fourth-order valence-corrected chi connectivity index (χ4v) is 5.09. The zero-order chi connectivity index (χ0) is 11.2. The molecule has 4 aliphatic rings. The third kappa shape index (κ3) is 1.40. The van der Waals surface area contributed by atoms with E-state index in [9.17, 15) is 0 Å². The van der Waals surface area contributed by atoms with Gasteiger partial charge in [-0.3, -0.25) is 0 Å². The van der Waals surface area contributed by atoms with Gasteiger partial charge in [-0.25, -0.2) is 0 Å². The van der Waals surface area contributed by atoms with Crippen molar-refractivity contribution in [3.63, 3.8) is 0 Å². The van der Waals surface area contributed by atoms with Gasteiger partial charge in [-0.05, 0) is 64.2 Å². The molecule has 4 saturated carbocycles. The van der Waals surface area contributed by atoms with Gasteiger partial charge in [-0.15, -0.1) is 11.8 Å². The molecule has 0 unspecified atom stereocenters. The number of hydrogen-bond acceptors (Lipinski definition) is 0. The molecule has 4 aliphatic carbocycles. The summed E-state index contributed by atoms with van der Waals surface area (Å²) in [5, 5.41) is 0. The van der Waals surface area contributed by atoms with Crippen LogP contribution in [-0.4, -0.2) is 0 Å². The van der Waals surface area contributed by atoms with E-state index in [2.05, 4.69) is 23.7 Å². The van der Waals surface area contributed by atoms with Crippen molar-refractivity contribution < 1.29 is 0 Å². The van der Waals surface area contributed by atoms with Crippen LogP contribution >= 0.6 is 0 Å². The molecule has 0 radical (unpaired) electrons. The molecule has 84 valence electrons. The van der Waals surface area contributed by atoms with Crippen molar-refractivity contribution in [3.05, 3.63) is 0 Å². The van der Waals surface area contributed by atoms with E-state index in [4.69, 9.17) is 0 Å². The summed E-state index contributed by atoms with van der Waals surface area (Å²) in [6.07, 6.45) is 8.15. The average Bonchev–Trinajstić information content (AvgIpc) is 2.14. The van der Waals surface area contributed by atoms with Gasteiger partial charge in [-0.1, -0.05) is 11.8 Å². The van der Waals surface area contributed by atoms with Gasteiger partial charge in [0.05, 0.1) is 0 Å². The van der Waals surface area contributed by atoms with Gasteiger partial charge in [0.15, 0.2) is 0 Å². The van der Waals surface area contributed by atoms with Crippen molar-refractivity contribution in [2.45, 2.75) is 52.4 Å². The lowest BCUT2D eigenvalue weighted by Gasteiger charge is -2.58. The van der Waals surface area contributed by atoms with E-state index in [1.807, 2.05) is 13.8 Å². The summed E-state index contributed by atoms with van der Waals surface area (Å²) in [6, 6.07) is 0. The van der Waals surface area contributed by atoms with Crippen molar-refractivity contribution >= 4 is 0 Å². The Kier molecular flexibility index (Phi) is 2.12. The average molecular weight is 212 g/mol. The van der Waals surface area contributed by atoms with E-state index in [-0.39, 0.29) is 0 Å². The number of hydrogen-bond donors (Lipinski definition) is 0. The quantitative estimate of drug-likeness (QED) is 0.538. The van der Waals surface area contributed by atoms with Gasteiger partial charge in [0, 0.05) is 10.8 Å². The van der Waals surface area contributed by atoms with Crippen molar-refractivity contribution in [2.24, 2.45) is 22.7 Å². The lowest BCUT2D eigenvalue weighted by atomic mass is 9.44. The molecule has 0 aromatic carbocycles. The minimum absolute atomic E-state index is 0.350. The highest BCUT2D eigenvalue weighted by Crippen LogP contribution is 2.64. The van der Waals surface area contributed by atoms with E-state index in [1.54, 1.807) is 0 Å². The smallest absolute Gasteiger partial charge is 0.0334 e. The molecule has 0 amide bonds. The Morgan fingerprint density at radius 1 is 0.812 bits per heavy atom. The molecule has 0 saturated heterocycles. The predicted octanol–water partition coefficient (Wildman–Crippen LogP) is 3.62. The first kappa shape index (κ1) is 10.3. The van der Waals surface area contributed by atoms with Crippen molar-refractivity contribution in [1.29, 1.82) is 0 Å². The molecule has 0 heteroatoms. The first-order chi connectivity index (χ1) is 7.69. The summed E-state index contributed by atoms with van der Waals surface area (Å²) in [7, 11) is 0. The summed E-state index contributed by atoms with van der Waals surface area (Å²) < 4.78 is 0. The zero-order valence-electron chi connectivity index (χ0n) is 10.4. The molecule has 0 spiro atoms. The van der Waals surface area contributed by atoms with Crippen molar-refractivity contribution in [2.75, 3.05) is 0 Å². The van der Waals surface area contributed by atoms with Gasteiger partial charge in [0.2, 0.25) is 0 Å². The number of rotatable bonds is 0. The second kappa shape index (κ2) is 3.30. The van der Waals surface area contributed by atoms with E-state index in [1.165, 1.54) is 38.5 Å². The summed E-state index contributed by atoms with van der Waals surface area (Å²) >= 11 is 0. The van der Waals surface area contributed by atoms with Crippen LogP contribution in [0.4, 0.5) is 0 Å². The Labute approximate surface area is 99.2 Å². The van der Waals surface area contributed by atoms with E-state index >= 15 is 0 Å². The van der Waals surface area contributed by atoms with Gasteiger partial charge in [0.25, 0.3) is 0 Å². The van der Waals surface area contributed by atoms with Crippen LogP contribution < -0.4 is 0 Å². The fraction of sp³-hybridized carbons (Fsp3) is 0.750. The van der Waals surface area contributed by atoms with Crippen LogP contribution in [0, 0.1) is 46.3 Å². The monoisotopic (exact) mass is 212 g/mol. The Bertz CT molecular complexity index is 368. The summed E-state index contributed by atoms with van der Waals surface area (Å²) in [6.45, 7) is 3.99. The highest BCUT2D eigenvalue weighted by atomic mass is 14.6. The molecule has 4 rings (SSSR count). The highest BCUT2D eigenvalue weighted by Gasteiger charge is 2.56. The van der Waals surface area contributed by atoms with Crippen molar-refractivity contribution in [3.8, 4) is 23.7 Å². The molecule has 0 aromatic heterocycles. The predicted molar refractivity (Wildman–Crippen MR) is 66.4 cm³/mol. The third-order valence-corrected chi connectivity index (χ3v) is 4.84. The Hall–Kier alpha value is -0.880.